The Balaban J connectivity index is 0.00000121. The average Bonchev–Trinajstić information content (AvgIpc) is 2.06. The molecule has 0 aromatic rings. The molecule has 1 rings (SSSR count). The van der Waals surface area contributed by atoms with Gasteiger partial charge in [-0.25, -0.2) is 4.39 Å². The molecule has 2 N–H and O–H groups in total. The van der Waals surface area contributed by atoms with Gasteiger partial charge in [0.05, 0.1) is 13.2 Å². The summed E-state index contributed by atoms with van der Waals surface area (Å²) in [6, 6.07) is 0. The maximum Gasteiger partial charge on any atom is 0.125 e. The number of halogens is 2. The summed E-state index contributed by atoms with van der Waals surface area (Å²) in [5.74, 6) is 0. The molecular formula is C7H16ClFN2O. The fourth-order valence-corrected chi connectivity index (χ4v) is 1.14. The van der Waals surface area contributed by atoms with Crippen LogP contribution >= 0.6 is 12.4 Å². The van der Waals surface area contributed by atoms with Crippen molar-refractivity contribution >= 4 is 12.4 Å². The molecule has 5 heteroatoms. The maximum absolute atomic E-state index is 12.7. The van der Waals surface area contributed by atoms with Crippen molar-refractivity contribution in [2.45, 2.75) is 6.17 Å². The monoisotopic (exact) mass is 198 g/mol. The lowest BCUT2D eigenvalue weighted by Crippen LogP contribution is -2.41. The van der Waals surface area contributed by atoms with Gasteiger partial charge in [0, 0.05) is 26.2 Å². The molecule has 0 aromatic heterocycles. The SMILES string of the molecule is Cl.NCC(F)CN1CCOCC1. The zero-order valence-electron chi connectivity index (χ0n) is 7.04. The van der Waals surface area contributed by atoms with Crippen molar-refractivity contribution in [3.63, 3.8) is 0 Å². The molecule has 1 unspecified atom stereocenters. The van der Waals surface area contributed by atoms with Gasteiger partial charge < -0.3 is 10.5 Å². The van der Waals surface area contributed by atoms with Gasteiger partial charge in [0.25, 0.3) is 0 Å². The predicted octanol–water partition coefficient (Wildman–Crippen LogP) is 0.0372. The van der Waals surface area contributed by atoms with E-state index in [1.807, 2.05) is 4.90 Å². The highest BCUT2D eigenvalue weighted by Gasteiger charge is 2.14. The summed E-state index contributed by atoms with van der Waals surface area (Å²) in [6.07, 6.45) is -0.881. The first kappa shape index (κ1) is 12.1. The number of morpholine rings is 1. The van der Waals surface area contributed by atoms with Crippen LogP contribution in [0.25, 0.3) is 0 Å². The molecule has 0 radical (unpaired) electrons. The van der Waals surface area contributed by atoms with E-state index in [1.54, 1.807) is 0 Å². The smallest absolute Gasteiger partial charge is 0.125 e. The second-order valence-electron chi connectivity index (χ2n) is 2.75. The van der Waals surface area contributed by atoms with Crippen LogP contribution in [0.2, 0.25) is 0 Å². The Bertz CT molecular complexity index is 112. The highest BCUT2D eigenvalue weighted by molar-refractivity contribution is 5.85. The van der Waals surface area contributed by atoms with E-state index in [1.165, 1.54) is 0 Å². The van der Waals surface area contributed by atoms with E-state index in [2.05, 4.69) is 0 Å². The largest absolute Gasteiger partial charge is 0.379 e. The minimum Gasteiger partial charge on any atom is -0.379 e. The van der Waals surface area contributed by atoms with Gasteiger partial charge in [-0.2, -0.15) is 0 Å². The first-order chi connectivity index (χ1) is 5.33. The fraction of sp³-hybridized carbons (Fsp3) is 1.00. The zero-order valence-corrected chi connectivity index (χ0v) is 7.86. The summed E-state index contributed by atoms with van der Waals surface area (Å²) in [4.78, 5) is 2.04. The summed E-state index contributed by atoms with van der Waals surface area (Å²) in [6.45, 7) is 3.69. The topological polar surface area (TPSA) is 38.5 Å². The van der Waals surface area contributed by atoms with E-state index in [9.17, 15) is 4.39 Å². The van der Waals surface area contributed by atoms with Gasteiger partial charge in [-0.1, -0.05) is 0 Å². The summed E-state index contributed by atoms with van der Waals surface area (Å²) in [7, 11) is 0. The summed E-state index contributed by atoms with van der Waals surface area (Å²) >= 11 is 0. The summed E-state index contributed by atoms with van der Waals surface area (Å²) < 4.78 is 17.8. The molecule has 1 fully saturated rings. The van der Waals surface area contributed by atoms with Crippen LogP contribution in [0.5, 0.6) is 0 Å². The van der Waals surface area contributed by atoms with E-state index in [4.69, 9.17) is 10.5 Å². The molecular weight excluding hydrogens is 183 g/mol. The molecule has 0 amide bonds. The molecule has 1 aliphatic heterocycles. The van der Waals surface area contributed by atoms with Crippen molar-refractivity contribution in [3.05, 3.63) is 0 Å². The Morgan fingerprint density at radius 2 is 2.00 bits per heavy atom. The molecule has 0 saturated carbocycles. The molecule has 1 atom stereocenters. The van der Waals surface area contributed by atoms with Crippen LogP contribution in [-0.4, -0.2) is 50.5 Å². The van der Waals surface area contributed by atoms with Crippen LogP contribution in [0.1, 0.15) is 0 Å². The van der Waals surface area contributed by atoms with Crippen LogP contribution in [0.15, 0.2) is 0 Å². The van der Waals surface area contributed by atoms with Gasteiger partial charge in [0.1, 0.15) is 6.17 Å². The number of hydrogen-bond donors (Lipinski definition) is 1. The van der Waals surface area contributed by atoms with Gasteiger partial charge in [-0.05, 0) is 0 Å². The van der Waals surface area contributed by atoms with Crippen LogP contribution in [-0.2, 0) is 4.74 Å². The molecule has 0 bridgehead atoms. The standard InChI is InChI=1S/C7H15FN2O.ClH/c8-7(5-9)6-10-1-3-11-4-2-10;/h7H,1-6,9H2;1H. The van der Waals surface area contributed by atoms with E-state index in [-0.39, 0.29) is 19.0 Å². The quantitative estimate of drug-likeness (QED) is 0.696. The number of alkyl halides is 1. The number of nitrogens with two attached hydrogens (primary N) is 1. The zero-order chi connectivity index (χ0) is 8.10. The number of rotatable bonds is 3. The summed E-state index contributed by atoms with van der Waals surface area (Å²) in [5, 5.41) is 0. The van der Waals surface area contributed by atoms with Crippen molar-refractivity contribution in [3.8, 4) is 0 Å². The fourth-order valence-electron chi connectivity index (χ4n) is 1.14. The predicted molar refractivity (Wildman–Crippen MR) is 48.5 cm³/mol. The molecule has 12 heavy (non-hydrogen) atoms. The normalized spacial score (nSPS) is 21.5. The lowest BCUT2D eigenvalue weighted by molar-refractivity contribution is 0.0279. The maximum atomic E-state index is 12.7. The minimum absolute atomic E-state index is 0. The van der Waals surface area contributed by atoms with E-state index >= 15 is 0 Å². The highest BCUT2D eigenvalue weighted by atomic mass is 35.5. The molecule has 74 valence electrons. The number of nitrogens with zero attached hydrogens (tertiary/aromatic N) is 1. The third kappa shape index (κ3) is 4.21. The first-order valence-corrected chi connectivity index (χ1v) is 3.97. The number of hydrogen-bond acceptors (Lipinski definition) is 3. The van der Waals surface area contributed by atoms with Crippen molar-refractivity contribution in [2.24, 2.45) is 5.73 Å². The molecule has 0 spiro atoms. The second-order valence-corrected chi connectivity index (χ2v) is 2.75. The first-order valence-electron chi connectivity index (χ1n) is 3.97. The van der Waals surface area contributed by atoms with E-state index in [0.717, 1.165) is 26.3 Å². The van der Waals surface area contributed by atoms with Crippen LogP contribution in [0.4, 0.5) is 4.39 Å². The molecule has 0 aromatic carbocycles. The lowest BCUT2D eigenvalue weighted by Gasteiger charge is -2.27. The molecule has 1 saturated heterocycles. The van der Waals surface area contributed by atoms with Crippen LogP contribution in [0.3, 0.4) is 0 Å². The average molecular weight is 199 g/mol. The Kier molecular flexibility index (Phi) is 6.65. The van der Waals surface area contributed by atoms with Crippen LogP contribution < -0.4 is 5.73 Å². The molecule has 0 aliphatic carbocycles. The third-order valence-electron chi connectivity index (χ3n) is 1.82. The minimum atomic E-state index is -0.881. The van der Waals surface area contributed by atoms with Crippen molar-refractivity contribution in [2.75, 3.05) is 39.4 Å². The Hall–Kier alpha value is 0.1000. The van der Waals surface area contributed by atoms with E-state index in [0.29, 0.717) is 6.54 Å². The van der Waals surface area contributed by atoms with Gasteiger partial charge >= 0.3 is 0 Å². The summed E-state index contributed by atoms with van der Waals surface area (Å²) in [5.41, 5.74) is 5.16. The van der Waals surface area contributed by atoms with Crippen molar-refractivity contribution in [1.29, 1.82) is 0 Å². The third-order valence-corrected chi connectivity index (χ3v) is 1.82. The Morgan fingerprint density at radius 3 is 2.50 bits per heavy atom. The number of ether oxygens (including phenoxy) is 1. The molecule has 1 heterocycles. The Morgan fingerprint density at radius 1 is 1.42 bits per heavy atom. The van der Waals surface area contributed by atoms with Gasteiger partial charge in [-0.3, -0.25) is 4.90 Å². The second kappa shape index (κ2) is 6.60. The molecule has 3 nitrogen and oxygen atoms in total. The van der Waals surface area contributed by atoms with Gasteiger partial charge in [0.2, 0.25) is 0 Å². The lowest BCUT2D eigenvalue weighted by atomic mass is 10.3. The van der Waals surface area contributed by atoms with Gasteiger partial charge in [0.15, 0.2) is 0 Å². The Labute approximate surface area is 78.5 Å². The van der Waals surface area contributed by atoms with Crippen LogP contribution in [0, 0.1) is 0 Å². The van der Waals surface area contributed by atoms with Crippen molar-refractivity contribution < 1.29 is 9.13 Å². The highest BCUT2D eigenvalue weighted by Crippen LogP contribution is 1.99. The van der Waals surface area contributed by atoms with E-state index < -0.39 is 6.17 Å². The van der Waals surface area contributed by atoms with Crippen molar-refractivity contribution in [1.82, 2.24) is 4.90 Å². The van der Waals surface area contributed by atoms with Gasteiger partial charge in [-0.15, -0.1) is 12.4 Å². The molecule has 1 aliphatic rings.